The van der Waals surface area contributed by atoms with Crippen molar-refractivity contribution in [2.45, 2.75) is 31.1 Å². The SMILES string of the molecule is O=C(Cc1ccc(Cc2ccccc2)nn1)C1(c2ccc3c(c2)OCO3)CC1. The van der Waals surface area contributed by atoms with Crippen molar-refractivity contribution in [3.8, 4) is 11.5 Å². The molecule has 0 saturated heterocycles. The van der Waals surface area contributed by atoms with E-state index in [1.807, 2.05) is 48.5 Å². The standard InChI is InChI=1S/C23H20N2O3/c26-22(23(10-11-23)17-6-9-20-21(13-17)28-15-27-20)14-19-8-7-18(24-25-19)12-16-4-2-1-3-5-16/h1-9,13H,10-12,14-15H2. The molecule has 5 nitrogen and oxygen atoms in total. The van der Waals surface area contributed by atoms with Crippen LogP contribution in [0.3, 0.4) is 0 Å². The number of ether oxygens (including phenoxy) is 2. The maximum atomic E-state index is 13.0. The van der Waals surface area contributed by atoms with Gasteiger partial charge in [0.25, 0.3) is 0 Å². The first-order valence-corrected chi connectivity index (χ1v) is 9.52. The number of hydrogen-bond acceptors (Lipinski definition) is 5. The number of rotatable bonds is 6. The number of hydrogen-bond donors (Lipinski definition) is 0. The molecule has 1 aromatic heterocycles. The Balaban J connectivity index is 1.29. The van der Waals surface area contributed by atoms with Crippen molar-refractivity contribution >= 4 is 5.78 Å². The third-order valence-corrected chi connectivity index (χ3v) is 5.55. The fourth-order valence-corrected chi connectivity index (χ4v) is 3.76. The summed E-state index contributed by atoms with van der Waals surface area (Å²) in [4.78, 5) is 13.0. The largest absolute Gasteiger partial charge is 0.454 e. The van der Waals surface area contributed by atoms with Gasteiger partial charge in [0.2, 0.25) is 6.79 Å². The van der Waals surface area contributed by atoms with Crippen molar-refractivity contribution in [1.82, 2.24) is 10.2 Å². The van der Waals surface area contributed by atoms with E-state index in [0.29, 0.717) is 12.1 Å². The maximum Gasteiger partial charge on any atom is 0.231 e. The van der Waals surface area contributed by atoms with Crippen LogP contribution in [-0.2, 0) is 23.1 Å². The highest BCUT2D eigenvalue weighted by atomic mass is 16.7. The van der Waals surface area contributed by atoms with E-state index in [9.17, 15) is 4.79 Å². The maximum absolute atomic E-state index is 13.0. The summed E-state index contributed by atoms with van der Waals surface area (Å²) in [5.74, 6) is 1.66. The molecule has 0 spiro atoms. The first-order valence-electron chi connectivity index (χ1n) is 9.52. The van der Waals surface area contributed by atoms with Crippen molar-refractivity contribution in [2.75, 3.05) is 6.79 Å². The third kappa shape index (κ3) is 3.13. The number of nitrogens with zero attached hydrogens (tertiary/aromatic N) is 2. The van der Waals surface area contributed by atoms with Gasteiger partial charge in [-0.25, -0.2) is 0 Å². The van der Waals surface area contributed by atoms with E-state index in [4.69, 9.17) is 9.47 Å². The Labute approximate surface area is 163 Å². The topological polar surface area (TPSA) is 61.3 Å². The lowest BCUT2D eigenvalue weighted by Gasteiger charge is -2.15. The summed E-state index contributed by atoms with van der Waals surface area (Å²) in [5.41, 5.74) is 3.41. The van der Waals surface area contributed by atoms with Gasteiger partial charge in [-0.2, -0.15) is 10.2 Å². The fraction of sp³-hybridized carbons (Fsp3) is 0.261. The second-order valence-corrected chi connectivity index (χ2v) is 7.43. The zero-order chi connectivity index (χ0) is 19.0. The van der Waals surface area contributed by atoms with Gasteiger partial charge < -0.3 is 9.47 Å². The van der Waals surface area contributed by atoms with E-state index in [0.717, 1.165) is 42.0 Å². The van der Waals surface area contributed by atoms with E-state index >= 15 is 0 Å². The summed E-state index contributed by atoms with van der Waals surface area (Å²) in [6.07, 6.45) is 2.77. The molecule has 0 bridgehead atoms. The Morgan fingerprint density at radius 3 is 2.39 bits per heavy atom. The van der Waals surface area contributed by atoms with Gasteiger partial charge in [-0.1, -0.05) is 36.4 Å². The number of aromatic nitrogens is 2. The summed E-state index contributed by atoms with van der Waals surface area (Å²) < 4.78 is 10.8. The Morgan fingerprint density at radius 1 is 0.893 bits per heavy atom. The Hall–Kier alpha value is -3.21. The van der Waals surface area contributed by atoms with Gasteiger partial charge in [-0.15, -0.1) is 0 Å². The summed E-state index contributed by atoms with van der Waals surface area (Å²) in [6.45, 7) is 0.241. The fourth-order valence-electron chi connectivity index (χ4n) is 3.76. The average Bonchev–Trinajstić information content (AvgIpc) is 3.41. The molecule has 2 heterocycles. The molecule has 5 rings (SSSR count). The second kappa shape index (κ2) is 6.75. The van der Waals surface area contributed by atoms with Crippen LogP contribution in [0, 0.1) is 0 Å². The van der Waals surface area contributed by atoms with Crippen LogP contribution < -0.4 is 9.47 Å². The lowest BCUT2D eigenvalue weighted by atomic mass is 9.88. The van der Waals surface area contributed by atoms with Crippen molar-refractivity contribution < 1.29 is 14.3 Å². The highest BCUT2D eigenvalue weighted by Crippen LogP contribution is 2.51. The smallest absolute Gasteiger partial charge is 0.231 e. The van der Waals surface area contributed by atoms with Crippen LogP contribution in [0.15, 0.2) is 60.7 Å². The highest BCUT2D eigenvalue weighted by Gasteiger charge is 2.51. The van der Waals surface area contributed by atoms with Gasteiger partial charge in [0, 0.05) is 6.42 Å². The molecule has 0 N–H and O–H groups in total. The average molecular weight is 372 g/mol. The van der Waals surface area contributed by atoms with Gasteiger partial charge in [-0.05, 0) is 48.2 Å². The number of benzene rings is 2. The predicted octanol–water partition coefficient (Wildman–Crippen LogP) is 3.64. The van der Waals surface area contributed by atoms with Gasteiger partial charge in [-0.3, -0.25) is 4.79 Å². The first kappa shape index (κ1) is 16.9. The molecule has 5 heteroatoms. The molecule has 0 atom stereocenters. The van der Waals surface area contributed by atoms with Crippen LogP contribution >= 0.6 is 0 Å². The monoisotopic (exact) mass is 372 g/mol. The Kier molecular flexibility index (Phi) is 4.08. The Bertz CT molecular complexity index is 1010. The molecule has 1 aliphatic heterocycles. The minimum Gasteiger partial charge on any atom is -0.454 e. The quantitative estimate of drug-likeness (QED) is 0.661. The van der Waals surface area contributed by atoms with E-state index in [-0.39, 0.29) is 12.6 Å². The minimum absolute atomic E-state index is 0.191. The number of fused-ring (bicyclic) bond motifs is 1. The molecule has 28 heavy (non-hydrogen) atoms. The minimum atomic E-state index is -0.411. The summed E-state index contributed by atoms with van der Waals surface area (Å²) in [7, 11) is 0. The molecule has 1 saturated carbocycles. The molecule has 3 aromatic rings. The van der Waals surface area contributed by atoms with Crippen LogP contribution in [-0.4, -0.2) is 22.8 Å². The van der Waals surface area contributed by atoms with Crippen LogP contribution in [0.5, 0.6) is 11.5 Å². The van der Waals surface area contributed by atoms with Crippen LogP contribution in [0.25, 0.3) is 0 Å². The van der Waals surface area contributed by atoms with Crippen molar-refractivity contribution in [2.24, 2.45) is 0 Å². The number of carbonyl (C=O) groups excluding carboxylic acids is 1. The van der Waals surface area contributed by atoms with E-state index < -0.39 is 5.41 Å². The summed E-state index contributed by atoms with van der Waals surface area (Å²) >= 11 is 0. The van der Waals surface area contributed by atoms with E-state index in [1.165, 1.54) is 5.56 Å². The van der Waals surface area contributed by atoms with Gasteiger partial charge in [0.05, 0.1) is 23.2 Å². The van der Waals surface area contributed by atoms with Crippen molar-refractivity contribution in [1.29, 1.82) is 0 Å². The molecule has 1 aliphatic carbocycles. The third-order valence-electron chi connectivity index (χ3n) is 5.55. The molecule has 140 valence electrons. The molecule has 1 fully saturated rings. The zero-order valence-electron chi connectivity index (χ0n) is 15.4. The Morgan fingerprint density at radius 2 is 1.64 bits per heavy atom. The zero-order valence-corrected chi connectivity index (χ0v) is 15.4. The van der Waals surface area contributed by atoms with Gasteiger partial charge in [0.15, 0.2) is 11.5 Å². The van der Waals surface area contributed by atoms with Crippen molar-refractivity contribution in [3.63, 3.8) is 0 Å². The van der Waals surface area contributed by atoms with Gasteiger partial charge in [0.1, 0.15) is 5.78 Å². The normalized spacial score (nSPS) is 16.0. The van der Waals surface area contributed by atoms with E-state index in [2.05, 4.69) is 22.3 Å². The first-order chi connectivity index (χ1) is 13.7. The van der Waals surface area contributed by atoms with Crippen molar-refractivity contribution in [3.05, 3.63) is 83.2 Å². The molecular formula is C23H20N2O3. The summed E-state index contributed by atoms with van der Waals surface area (Å²) in [5, 5.41) is 8.60. The van der Waals surface area contributed by atoms with Crippen LogP contribution in [0.1, 0.15) is 35.4 Å². The van der Waals surface area contributed by atoms with Crippen LogP contribution in [0.2, 0.25) is 0 Å². The molecular weight excluding hydrogens is 352 g/mol. The molecule has 2 aliphatic rings. The number of ketones is 1. The molecule has 0 radical (unpaired) electrons. The predicted molar refractivity (Wildman–Crippen MR) is 103 cm³/mol. The molecule has 0 amide bonds. The molecule has 2 aromatic carbocycles. The number of Topliss-reactive ketones (excluding diaryl/α,β-unsaturated/α-hetero) is 1. The summed E-state index contributed by atoms with van der Waals surface area (Å²) in [6, 6.07) is 19.9. The van der Waals surface area contributed by atoms with Crippen LogP contribution in [0.4, 0.5) is 0 Å². The second-order valence-electron chi connectivity index (χ2n) is 7.43. The molecule has 0 unspecified atom stereocenters. The highest BCUT2D eigenvalue weighted by molar-refractivity contribution is 5.94. The van der Waals surface area contributed by atoms with Gasteiger partial charge >= 0.3 is 0 Å². The number of carbonyl (C=O) groups is 1. The lowest BCUT2D eigenvalue weighted by Crippen LogP contribution is -2.23. The lowest BCUT2D eigenvalue weighted by molar-refractivity contribution is -0.120. The van der Waals surface area contributed by atoms with E-state index in [1.54, 1.807) is 0 Å².